The molecule has 0 radical (unpaired) electrons. The van der Waals surface area contributed by atoms with Gasteiger partial charge in [-0.1, -0.05) is 12.1 Å². The standard InChI is InChI=1S/C10H12ClNO2S/c11-5-2-6-15-10-4-1-3-9(7-10)8-12(13)14/h1,3-4,7H,2,5-6,8H2. The van der Waals surface area contributed by atoms with Gasteiger partial charge in [0.2, 0.25) is 6.54 Å². The maximum atomic E-state index is 10.3. The van der Waals surface area contributed by atoms with E-state index in [1.165, 1.54) is 0 Å². The molecule has 0 unspecified atom stereocenters. The van der Waals surface area contributed by atoms with Crippen LogP contribution in [0, 0.1) is 10.1 Å². The Balaban J connectivity index is 2.53. The van der Waals surface area contributed by atoms with Gasteiger partial charge in [0.25, 0.3) is 0 Å². The third-order valence-corrected chi connectivity index (χ3v) is 3.10. The van der Waals surface area contributed by atoms with Gasteiger partial charge < -0.3 is 0 Å². The highest BCUT2D eigenvalue weighted by Gasteiger charge is 2.02. The van der Waals surface area contributed by atoms with Crippen LogP contribution in [-0.4, -0.2) is 16.6 Å². The maximum absolute atomic E-state index is 10.3. The Morgan fingerprint density at radius 2 is 2.27 bits per heavy atom. The first-order chi connectivity index (χ1) is 7.22. The van der Waals surface area contributed by atoms with Gasteiger partial charge in [0.1, 0.15) is 0 Å². The fraction of sp³-hybridized carbons (Fsp3) is 0.400. The van der Waals surface area contributed by atoms with Crippen molar-refractivity contribution in [3.63, 3.8) is 0 Å². The molecule has 0 aromatic heterocycles. The van der Waals surface area contributed by atoms with E-state index < -0.39 is 0 Å². The Hall–Kier alpha value is -0.740. The molecule has 0 atom stereocenters. The SMILES string of the molecule is O=[N+]([O-])Cc1cccc(SCCCCl)c1. The highest BCUT2D eigenvalue weighted by atomic mass is 35.5. The average molecular weight is 246 g/mol. The first-order valence-corrected chi connectivity index (χ1v) is 6.14. The van der Waals surface area contributed by atoms with Crippen LogP contribution >= 0.6 is 23.4 Å². The molecule has 0 amide bonds. The van der Waals surface area contributed by atoms with Gasteiger partial charge in [0.05, 0.1) is 0 Å². The Morgan fingerprint density at radius 3 is 2.93 bits per heavy atom. The molecule has 0 saturated heterocycles. The zero-order valence-corrected chi connectivity index (χ0v) is 9.76. The molecule has 15 heavy (non-hydrogen) atoms. The summed E-state index contributed by atoms with van der Waals surface area (Å²) in [4.78, 5) is 11.1. The van der Waals surface area contributed by atoms with Gasteiger partial charge in [-0.15, -0.1) is 23.4 Å². The molecule has 0 aliphatic carbocycles. The third kappa shape index (κ3) is 5.04. The molecule has 0 aliphatic heterocycles. The summed E-state index contributed by atoms with van der Waals surface area (Å²) in [5.41, 5.74) is 0.746. The number of halogens is 1. The molecular weight excluding hydrogens is 234 g/mol. The van der Waals surface area contributed by atoms with E-state index in [0.717, 1.165) is 22.6 Å². The minimum atomic E-state index is -0.317. The van der Waals surface area contributed by atoms with E-state index in [2.05, 4.69) is 0 Å². The molecule has 0 N–H and O–H groups in total. The summed E-state index contributed by atoms with van der Waals surface area (Å²) in [7, 11) is 0. The average Bonchev–Trinajstić information content (AvgIpc) is 2.18. The second-order valence-corrected chi connectivity index (χ2v) is 4.58. The highest BCUT2D eigenvalue weighted by molar-refractivity contribution is 7.99. The Morgan fingerprint density at radius 1 is 1.47 bits per heavy atom. The molecule has 1 aromatic rings. The van der Waals surface area contributed by atoms with Gasteiger partial charge in [-0.05, 0) is 24.3 Å². The number of alkyl halides is 1. The Labute approximate surface area is 98.0 Å². The lowest BCUT2D eigenvalue weighted by atomic mass is 10.2. The minimum Gasteiger partial charge on any atom is -0.264 e. The van der Waals surface area contributed by atoms with Crippen molar-refractivity contribution in [3.05, 3.63) is 39.9 Å². The van der Waals surface area contributed by atoms with Gasteiger partial charge in [-0.3, -0.25) is 10.1 Å². The number of benzene rings is 1. The number of nitrogens with zero attached hydrogens (tertiary/aromatic N) is 1. The second-order valence-electron chi connectivity index (χ2n) is 3.03. The molecule has 0 spiro atoms. The highest BCUT2D eigenvalue weighted by Crippen LogP contribution is 2.20. The first-order valence-electron chi connectivity index (χ1n) is 4.62. The Kier molecular flexibility index (Phi) is 5.50. The molecule has 0 fully saturated rings. The van der Waals surface area contributed by atoms with Crippen LogP contribution in [0.3, 0.4) is 0 Å². The van der Waals surface area contributed by atoms with Crippen LogP contribution in [0.2, 0.25) is 0 Å². The van der Waals surface area contributed by atoms with E-state index in [9.17, 15) is 10.1 Å². The van der Waals surface area contributed by atoms with Gasteiger partial charge in [0, 0.05) is 21.3 Å². The van der Waals surface area contributed by atoms with Crippen molar-refractivity contribution in [1.82, 2.24) is 0 Å². The maximum Gasteiger partial charge on any atom is 0.228 e. The van der Waals surface area contributed by atoms with Crippen LogP contribution in [0.5, 0.6) is 0 Å². The Bertz CT molecular complexity index is 333. The van der Waals surface area contributed by atoms with Crippen molar-refractivity contribution in [2.45, 2.75) is 17.9 Å². The van der Waals surface area contributed by atoms with Crippen LogP contribution in [0.15, 0.2) is 29.2 Å². The van der Waals surface area contributed by atoms with Gasteiger partial charge in [-0.2, -0.15) is 0 Å². The number of hydrogen-bond donors (Lipinski definition) is 0. The van der Waals surface area contributed by atoms with Crippen LogP contribution in [-0.2, 0) is 6.54 Å². The molecule has 3 nitrogen and oxygen atoms in total. The van der Waals surface area contributed by atoms with E-state index in [1.54, 1.807) is 17.8 Å². The number of rotatable bonds is 6. The fourth-order valence-corrected chi connectivity index (χ4v) is 2.35. The third-order valence-electron chi connectivity index (χ3n) is 1.76. The van der Waals surface area contributed by atoms with Crippen LogP contribution in [0.1, 0.15) is 12.0 Å². The molecule has 5 heteroatoms. The molecule has 0 saturated carbocycles. The number of thioether (sulfide) groups is 1. The minimum absolute atomic E-state index is 0.107. The summed E-state index contributed by atoms with van der Waals surface area (Å²) in [6, 6.07) is 7.44. The summed E-state index contributed by atoms with van der Waals surface area (Å²) in [5, 5.41) is 10.3. The van der Waals surface area contributed by atoms with E-state index in [1.807, 2.05) is 18.2 Å². The monoisotopic (exact) mass is 245 g/mol. The lowest BCUT2D eigenvalue weighted by Crippen LogP contribution is -1.97. The van der Waals surface area contributed by atoms with Crippen molar-refractivity contribution in [2.24, 2.45) is 0 Å². The smallest absolute Gasteiger partial charge is 0.228 e. The zero-order chi connectivity index (χ0) is 11.1. The summed E-state index contributed by atoms with van der Waals surface area (Å²) in [6.07, 6.45) is 0.950. The van der Waals surface area contributed by atoms with Gasteiger partial charge in [-0.25, -0.2) is 0 Å². The number of hydrogen-bond acceptors (Lipinski definition) is 3. The van der Waals surface area contributed by atoms with Crippen LogP contribution in [0.4, 0.5) is 0 Å². The summed E-state index contributed by atoms with van der Waals surface area (Å²) < 4.78 is 0. The topological polar surface area (TPSA) is 43.1 Å². The quantitative estimate of drug-likeness (QED) is 0.254. The van der Waals surface area contributed by atoms with Crippen molar-refractivity contribution < 1.29 is 4.92 Å². The van der Waals surface area contributed by atoms with Crippen molar-refractivity contribution in [3.8, 4) is 0 Å². The first kappa shape index (κ1) is 12.3. The predicted molar refractivity (Wildman–Crippen MR) is 63.2 cm³/mol. The second kappa shape index (κ2) is 6.69. The van der Waals surface area contributed by atoms with Gasteiger partial charge in [0.15, 0.2) is 0 Å². The summed E-state index contributed by atoms with van der Waals surface area (Å²) in [5.74, 6) is 1.60. The van der Waals surface area contributed by atoms with E-state index in [-0.39, 0.29) is 11.5 Å². The van der Waals surface area contributed by atoms with Crippen molar-refractivity contribution in [2.75, 3.05) is 11.6 Å². The molecule has 0 aliphatic rings. The van der Waals surface area contributed by atoms with E-state index in [0.29, 0.717) is 5.88 Å². The lowest BCUT2D eigenvalue weighted by Gasteiger charge is -2.01. The van der Waals surface area contributed by atoms with E-state index in [4.69, 9.17) is 11.6 Å². The van der Waals surface area contributed by atoms with Gasteiger partial charge >= 0.3 is 0 Å². The van der Waals surface area contributed by atoms with Crippen LogP contribution in [0.25, 0.3) is 0 Å². The molecule has 82 valence electrons. The summed E-state index contributed by atoms with van der Waals surface area (Å²) in [6.45, 7) is -0.107. The molecule has 1 aromatic carbocycles. The van der Waals surface area contributed by atoms with Crippen molar-refractivity contribution in [1.29, 1.82) is 0 Å². The molecular formula is C10H12ClNO2S. The molecule has 0 bridgehead atoms. The zero-order valence-electron chi connectivity index (χ0n) is 8.19. The summed E-state index contributed by atoms with van der Waals surface area (Å²) >= 11 is 7.24. The van der Waals surface area contributed by atoms with Crippen molar-refractivity contribution >= 4 is 23.4 Å². The fourth-order valence-electron chi connectivity index (χ4n) is 1.13. The van der Waals surface area contributed by atoms with Crippen LogP contribution < -0.4 is 0 Å². The van der Waals surface area contributed by atoms with E-state index >= 15 is 0 Å². The molecule has 0 heterocycles. The normalized spacial score (nSPS) is 10.2. The predicted octanol–water partition coefficient (Wildman–Crippen LogP) is 3.18. The number of nitro groups is 1. The molecule has 1 rings (SSSR count). The largest absolute Gasteiger partial charge is 0.264 e. The lowest BCUT2D eigenvalue weighted by molar-refractivity contribution is -0.496.